The van der Waals surface area contributed by atoms with Crippen LogP contribution in [0.25, 0.3) is 10.9 Å². The number of hydrogen-bond acceptors (Lipinski definition) is 1. The molecule has 0 bridgehead atoms. The van der Waals surface area contributed by atoms with Crippen LogP contribution in [-0.2, 0) is 0 Å². The smallest absolute Gasteiger partial charge is 0.104 e. The number of aromatic amines is 1. The average molecular weight is 171 g/mol. The van der Waals surface area contributed by atoms with E-state index < -0.39 is 0 Å². The summed E-state index contributed by atoms with van der Waals surface area (Å²) in [5.41, 5.74) is 2.04. The third-order valence-electron chi connectivity index (χ3n) is 1.87. The van der Waals surface area contributed by atoms with Crippen LogP contribution in [0.5, 0.6) is 0 Å². The maximum atomic E-state index is 8.52. The highest BCUT2D eigenvalue weighted by Gasteiger charge is 1.93. The van der Waals surface area contributed by atoms with E-state index in [1.807, 2.05) is 30.5 Å². The summed E-state index contributed by atoms with van der Waals surface area (Å²) in [6.07, 6.45) is 1.90. The Labute approximate surface area is 76.2 Å². The molecule has 0 radical (unpaired) electrons. The second-order valence-electron chi connectivity index (χ2n) is 2.74. The third-order valence-corrected chi connectivity index (χ3v) is 1.87. The van der Waals surface area contributed by atoms with E-state index in [2.05, 4.69) is 16.8 Å². The van der Waals surface area contributed by atoms with Gasteiger partial charge in [-0.1, -0.05) is 11.8 Å². The van der Waals surface area contributed by atoms with Crippen molar-refractivity contribution in [2.45, 2.75) is 0 Å². The van der Waals surface area contributed by atoms with Crippen molar-refractivity contribution in [1.29, 1.82) is 0 Å². The van der Waals surface area contributed by atoms with E-state index >= 15 is 0 Å². The second kappa shape index (κ2) is 3.34. The summed E-state index contributed by atoms with van der Waals surface area (Å²) in [4.78, 5) is 3.11. The summed E-state index contributed by atoms with van der Waals surface area (Å²) < 4.78 is 0. The highest BCUT2D eigenvalue weighted by atomic mass is 16.2. The molecule has 0 aliphatic rings. The van der Waals surface area contributed by atoms with Crippen LogP contribution < -0.4 is 0 Å². The summed E-state index contributed by atoms with van der Waals surface area (Å²) >= 11 is 0. The lowest BCUT2D eigenvalue weighted by molar-refractivity contribution is 0.350. The van der Waals surface area contributed by atoms with Crippen molar-refractivity contribution in [3.8, 4) is 11.8 Å². The molecule has 0 saturated carbocycles. The van der Waals surface area contributed by atoms with E-state index in [1.54, 1.807) is 0 Å². The van der Waals surface area contributed by atoms with Gasteiger partial charge >= 0.3 is 0 Å². The molecule has 2 heteroatoms. The molecule has 2 nitrogen and oxygen atoms in total. The van der Waals surface area contributed by atoms with Crippen molar-refractivity contribution in [1.82, 2.24) is 4.98 Å². The molecule has 0 aliphatic heterocycles. The van der Waals surface area contributed by atoms with Crippen LogP contribution in [0.3, 0.4) is 0 Å². The molecule has 1 aromatic carbocycles. The summed E-state index contributed by atoms with van der Waals surface area (Å²) in [6, 6.07) is 7.91. The molecule has 0 amide bonds. The fraction of sp³-hybridized carbons (Fsp3) is 0.0909. The molecule has 2 aromatic rings. The Hall–Kier alpha value is -1.72. The quantitative estimate of drug-likeness (QED) is 0.579. The van der Waals surface area contributed by atoms with E-state index in [4.69, 9.17) is 5.11 Å². The first-order valence-electron chi connectivity index (χ1n) is 4.07. The van der Waals surface area contributed by atoms with Crippen molar-refractivity contribution in [2.24, 2.45) is 0 Å². The standard InChI is InChI=1S/C11H9NO/c13-7-1-2-9-3-4-11-10(8-9)5-6-12-11/h3-6,8,12-13H,7H2. The molecule has 1 aromatic heterocycles. The Bertz CT molecular complexity index is 473. The average Bonchev–Trinajstić information content (AvgIpc) is 2.61. The number of fused-ring (bicyclic) bond motifs is 1. The summed E-state index contributed by atoms with van der Waals surface area (Å²) in [6.45, 7) is -0.0921. The summed E-state index contributed by atoms with van der Waals surface area (Å²) in [5.74, 6) is 5.48. The lowest BCUT2D eigenvalue weighted by Gasteiger charge is -1.90. The van der Waals surface area contributed by atoms with Crippen LogP contribution in [0.2, 0.25) is 0 Å². The van der Waals surface area contributed by atoms with Crippen LogP contribution in [0.15, 0.2) is 30.5 Å². The molecule has 0 spiro atoms. The second-order valence-corrected chi connectivity index (χ2v) is 2.74. The van der Waals surface area contributed by atoms with Crippen LogP contribution in [0, 0.1) is 11.8 Å². The van der Waals surface area contributed by atoms with Gasteiger partial charge in [0.25, 0.3) is 0 Å². The first-order chi connectivity index (χ1) is 6.40. The van der Waals surface area contributed by atoms with Gasteiger partial charge < -0.3 is 10.1 Å². The van der Waals surface area contributed by atoms with E-state index in [9.17, 15) is 0 Å². The topological polar surface area (TPSA) is 36.0 Å². The minimum Gasteiger partial charge on any atom is -0.384 e. The number of hydrogen-bond donors (Lipinski definition) is 2. The van der Waals surface area contributed by atoms with Gasteiger partial charge in [-0.25, -0.2) is 0 Å². The summed E-state index contributed by atoms with van der Waals surface area (Å²) in [7, 11) is 0. The third kappa shape index (κ3) is 1.56. The minimum atomic E-state index is -0.0921. The van der Waals surface area contributed by atoms with Gasteiger partial charge in [-0.05, 0) is 24.3 Å². The minimum absolute atomic E-state index is 0.0921. The van der Waals surface area contributed by atoms with Gasteiger partial charge in [-0.3, -0.25) is 0 Å². The Morgan fingerprint density at radius 1 is 1.31 bits per heavy atom. The fourth-order valence-corrected chi connectivity index (χ4v) is 1.27. The van der Waals surface area contributed by atoms with Gasteiger partial charge in [-0.2, -0.15) is 0 Å². The Morgan fingerprint density at radius 3 is 3.08 bits per heavy atom. The molecule has 64 valence electrons. The molecule has 0 unspecified atom stereocenters. The van der Waals surface area contributed by atoms with Crippen molar-refractivity contribution in [2.75, 3.05) is 6.61 Å². The zero-order valence-corrected chi connectivity index (χ0v) is 7.04. The molecule has 0 atom stereocenters. The molecular weight excluding hydrogens is 162 g/mol. The van der Waals surface area contributed by atoms with Gasteiger partial charge in [-0.15, -0.1) is 0 Å². The van der Waals surface area contributed by atoms with Gasteiger partial charge in [0.1, 0.15) is 6.61 Å². The van der Waals surface area contributed by atoms with Gasteiger partial charge in [0.15, 0.2) is 0 Å². The zero-order valence-electron chi connectivity index (χ0n) is 7.04. The molecule has 0 saturated heterocycles. The highest BCUT2D eigenvalue weighted by molar-refractivity contribution is 5.80. The first-order valence-corrected chi connectivity index (χ1v) is 4.07. The number of aliphatic hydroxyl groups is 1. The fourth-order valence-electron chi connectivity index (χ4n) is 1.27. The maximum absolute atomic E-state index is 8.52. The molecular formula is C11H9NO. The van der Waals surface area contributed by atoms with Crippen LogP contribution >= 0.6 is 0 Å². The molecule has 2 rings (SSSR count). The van der Waals surface area contributed by atoms with Crippen molar-refractivity contribution in [3.05, 3.63) is 36.0 Å². The van der Waals surface area contributed by atoms with Crippen molar-refractivity contribution >= 4 is 10.9 Å². The van der Waals surface area contributed by atoms with Crippen LogP contribution in [-0.4, -0.2) is 16.7 Å². The van der Waals surface area contributed by atoms with E-state index in [0.717, 1.165) is 16.5 Å². The Kier molecular flexibility index (Phi) is 2.03. The van der Waals surface area contributed by atoms with Gasteiger partial charge in [0.05, 0.1) is 0 Å². The normalized spacial score (nSPS) is 9.62. The van der Waals surface area contributed by atoms with Crippen molar-refractivity contribution < 1.29 is 5.11 Å². The maximum Gasteiger partial charge on any atom is 0.104 e. The SMILES string of the molecule is OCC#Cc1ccc2[nH]ccc2c1. The number of H-pyrrole nitrogens is 1. The van der Waals surface area contributed by atoms with E-state index in [0.29, 0.717) is 0 Å². The van der Waals surface area contributed by atoms with Crippen LogP contribution in [0.1, 0.15) is 5.56 Å². The first kappa shape index (κ1) is 7.90. The van der Waals surface area contributed by atoms with E-state index in [-0.39, 0.29) is 6.61 Å². The van der Waals surface area contributed by atoms with Crippen molar-refractivity contribution in [3.63, 3.8) is 0 Å². The number of nitrogens with one attached hydrogen (secondary N) is 1. The van der Waals surface area contributed by atoms with Gasteiger partial charge in [0, 0.05) is 22.7 Å². The highest BCUT2D eigenvalue weighted by Crippen LogP contribution is 2.13. The number of rotatable bonds is 0. The lowest BCUT2D eigenvalue weighted by Crippen LogP contribution is -1.76. The van der Waals surface area contributed by atoms with Gasteiger partial charge in [0.2, 0.25) is 0 Å². The predicted octanol–water partition coefficient (Wildman–Crippen LogP) is 1.51. The Morgan fingerprint density at radius 2 is 2.23 bits per heavy atom. The number of benzene rings is 1. The molecule has 1 heterocycles. The largest absolute Gasteiger partial charge is 0.384 e. The zero-order chi connectivity index (χ0) is 9.10. The Balaban J connectivity index is 2.48. The molecule has 13 heavy (non-hydrogen) atoms. The number of aromatic nitrogens is 1. The number of aliphatic hydroxyl groups excluding tert-OH is 1. The summed E-state index contributed by atoms with van der Waals surface area (Å²) in [5, 5.41) is 9.66. The van der Waals surface area contributed by atoms with E-state index in [1.165, 1.54) is 0 Å². The monoisotopic (exact) mass is 171 g/mol. The van der Waals surface area contributed by atoms with Crippen LogP contribution in [0.4, 0.5) is 0 Å². The molecule has 0 fully saturated rings. The molecule has 0 aliphatic carbocycles. The molecule has 2 N–H and O–H groups in total. The predicted molar refractivity (Wildman–Crippen MR) is 52.3 cm³/mol. The lowest BCUT2D eigenvalue weighted by atomic mass is 10.1.